The Kier molecular flexibility index (Phi) is 6.05. The van der Waals surface area contributed by atoms with Crippen LogP contribution in [0, 0.1) is 5.82 Å². The van der Waals surface area contributed by atoms with Crippen molar-refractivity contribution >= 4 is 39.1 Å². The molecule has 5 aromatic rings. The van der Waals surface area contributed by atoms with Crippen LogP contribution in [0.15, 0.2) is 54.6 Å². The number of anilines is 2. The van der Waals surface area contributed by atoms with Crippen molar-refractivity contribution < 1.29 is 9.18 Å². The number of halogens is 1. The summed E-state index contributed by atoms with van der Waals surface area (Å²) in [6.45, 7) is 4.53. The lowest BCUT2D eigenvalue weighted by Gasteiger charge is -2.28. The number of amides is 1. The first kappa shape index (κ1) is 23.9. The number of thiazole rings is 1. The highest BCUT2D eigenvalue weighted by Gasteiger charge is 2.32. The highest BCUT2D eigenvalue weighted by Crippen LogP contribution is 2.31. The quantitative estimate of drug-likeness (QED) is 0.338. The smallest absolute Gasteiger partial charge is 0.257 e. The summed E-state index contributed by atoms with van der Waals surface area (Å²) in [5.41, 5.74) is 3.57. The van der Waals surface area contributed by atoms with E-state index in [4.69, 9.17) is 5.10 Å². The first-order valence-electron chi connectivity index (χ1n) is 13.0. The first-order valence-corrected chi connectivity index (χ1v) is 13.9. The molecular formula is C27H26FN9OS. The lowest BCUT2D eigenvalue weighted by atomic mass is 10.1. The van der Waals surface area contributed by atoms with E-state index >= 15 is 4.39 Å². The van der Waals surface area contributed by atoms with Gasteiger partial charge in [-0.2, -0.15) is 5.10 Å². The molecule has 1 fully saturated rings. The second kappa shape index (κ2) is 9.86. The predicted octanol–water partition coefficient (Wildman–Crippen LogP) is 3.47. The minimum absolute atomic E-state index is 0.320. The van der Waals surface area contributed by atoms with Crippen LogP contribution in [0.3, 0.4) is 0 Å². The van der Waals surface area contributed by atoms with Gasteiger partial charge in [0, 0.05) is 68.0 Å². The molecule has 7 rings (SSSR count). The van der Waals surface area contributed by atoms with Gasteiger partial charge in [-0.1, -0.05) is 0 Å². The number of hydrogen-bond acceptors (Lipinski definition) is 8. The molecule has 0 aliphatic carbocycles. The number of hydrogen-bond donors (Lipinski definition) is 2. The van der Waals surface area contributed by atoms with Crippen LogP contribution >= 0.6 is 11.3 Å². The average molecular weight is 544 g/mol. The number of rotatable bonds is 6. The average Bonchev–Trinajstić information content (AvgIpc) is 3.76. The summed E-state index contributed by atoms with van der Waals surface area (Å²) in [7, 11) is 0. The maximum Gasteiger partial charge on any atom is 0.257 e. The molecule has 0 bridgehead atoms. The van der Waals surface area contributed by atoms with E-state index in [0.29, 0.717) is 27.3 Å². The van der Waals surface area contributed by atoms with Crippen molar-refractivity contribution in [2.75, 3.05) is 36.4 Å². The van der Waals surface area contributed by atoms with Crippen LogP contribution < -0.4 is 15.5 Å². The second-order valence-electron chi connectivity index (χ2n) is 9.74. The predicted molar refractivity (Wildman–Crippen MR) is 147 cm³/mol. The van der Waals surface area contributed by atoms with Crippen LogP contribution in [0.1, 0.15) is 23.9 Å². The van der Waals surface area contributed by atoms with Crippen molar-refractivity contribution in [3.63, 3.8) is 0 Å². The third-order valence-electron chi connectivity index (χ3n) is 7.34. The minimum atomic E-state index is -0.863. The normalized spacial score (nSPS) is 16.0. The van der Waals surface area contributed by atoms with Gasteiger partial charge >= 0.3 is 0 Å². The molecule has 4 aromatic heterocycles. The Morgan fingerprint density at radius 2 is 2.00 bits per heavy atom. The monoisotopic (exact) mass is 543 g/mol. The fourth-order valence-corrected chi connectivity index (χ4v) is 5.93. The first-order chi connectivity index (χ1) is 19.1. The zero-order valence-electron chi connectivity index (χ0n) is 21.0. The van der Waals surface area contributed by atoms with Crippen molar-refractivity contribution in [1.29, 1.82) is 0 Å². The summed E-state index contributed by atoms with van der Waals surface area (Å²) in [4.78, 5) is 29.2. The number of carbonyl (C=O) groups is 1. The molecule has 12 heteroatoms. The molecule has 39 heavy (non-hydrogen) atoms. The van der Waals surface area contributed by atoms with E-state index in [1.807, 2.05) is 18.2 Å². The van der Waals surface area contributed by atoms with Crippen LogP contribution in [0.4, 0.5) is 15.3 Å². The lowest BCUT2D eigenvalue weighted by molar-refractivity contribution is -0.118. The number of imidazole rings is 1. The van der Waals surface area contributed by atoms with Crippen molar-refractivity contribution in [2.24, 2.45) is 0 Å². The van der Waals surface area contributed by atoms with Gasteiger partial charge in [-0.25, -0.2) is 19.3 Å². The summed E-state index contributed by atoms with van der Waals surface area (Å²) in [6.07, 6.45) is 8.58. The summed E-state index contributed by atoms with van der Waals surface area (Å²) >= 11 is 1.33. The summed E-state index contributed by atoms with van der Waals surface area (Å²) < 4.78 is 19.0. The molecule has 1 saturated heterocycles. The molecule has 198 valence electrons. The molecule has 1 aromatic carbocycles. The van der Waals surface area contributed by atoms with E-state index in [-0.39, 0.29) is 5.91 Å². The SMILES string of the molecule is O=C(Nc1nccs1)C(c1ncn2c1CCC2)n1cc2c(F)cc(-c3ccc(N4CCNCC4)nc3)cc2n1. The highest BCUT2D eigenvalue weighted by molar-refractivity contribution is 7.13. The number of nitrogens with one attached hydrogen (secondary N) is 2. The Hall–Kier alpha value is -4.16. The Morgan fingerprint density at radius 3 is 2.79 bits per heavy atom. The molecule has 2 aliphatic heterocycles. The number of aromatic nitrogens is 6. The number of aryl methyl sites for hydroxylation is 1. The van der Waals surface area contributed by atoms with Crippen molar-refractivity contribution in [2.45, 2.75) is 25.4 Å². The van der Waals surface area contributed by atoms with Gasteiger partial charge in [-0.15, -0.1) is 11.3 Å². The van der Waals surface area contributed by atoms with Gasteiger partial charge < -0.3 is 14.8 Å². The van der Waals surface area contributed by atoms with Gasteiger partial charge in [-0.05, 0) is 42.7 Å². The fraction of sp³-hybridized carbons (Fsp3) is 0.296. The minimum Gasteiger partial charge on any atom is -0.354 e. The van der Waals surface area contributed by atoms with E-state index < -0.39 is 11.9 Å². The Balaban J connectivity index is 1.25. The Bertz CT molecular complexity index is 1640. The summed E-state index contributed by atoms with van der Waals surface area (Å²) in [5, 5.41) is 13.5. The molecule has 6 heterocycles. The number of nitrogens with zero attached hydrogens (tertiary/aromatic N) is 7. The summed E-state index contributed by atoms with van der Waals surface area (Å²) in [5.74, 6) is 0.182. The Morgan fingerprint density at radius 1 is 1.10 bits per heavy atom. The van der Waals surface area contributed by atoms with Crippen LogP contribution in [0.25, 0.3) is 22.0 Å². The molecule has 0 radical (unpaired) electrons. The number of fused-ring (bicyclic) bond motifs is 2. The Labute approximate surface area is 227 Å². The van der Waals surface area contributed by atoms with E-state index in [0.717, 1.165) is 62.6 Å². The second-order valence-corrected chi connectivity index (χ2v) is 10.6. The van der Waals surface area contributed by atoms with Crippen LogP contribution in [0.2, 0.25) is 0 Å². The molecule has 1 unspecified atom stereocenters. The summed E-state index contributed by atoms with van der Waals surface area (Å²) in [6, 6.07) is 6.40. The number of carbonyl (C=O) groups excluding carboxylic acids is 1. The van der Waals surface area contributed by atoms with Gasteiger partial charge in [0.15, 0.2) is 11.2 Å². The van der Waals surface area contributed by atoms with Crippen molar-refractivity contribution in [3.8, 4) is 11.1 Å². The highest BCUT2D eigenvalue weighted by atomic mass is 32.1. The standard InChI is InChI=1S/C27H26FN9OS/c28-20-12-18(17-3-4-23(31-14-17)35-9-5-29-6-10-35)13-21-19(20)15-37(34-21)25(26(38)33-27-30-7-11-39-27)24-22-2-1-8-36(22)16-32-24/h3-4,7,11-16,25,29H,1-2,5-6,8-10H2,(H,30,33,38). The molecule has 1 amide bonds. The molecule has 2 N–H and O–H groups in total. The number of benzene rings is 1. The van der Waals surface area contributed by atoms with E-state index in [1.54, 1.807) is 30.3 Å². The van der Waals surface area contributed by atoms with Crippen LogP contribution in [-0.2, 0) is 17.8 Å². The van der Waals surface area contributed by atoms with Gasteiger partial charge in [0.25, 0.3) is 5.91 Å². The largest absolute Gasteiger partial charge is 0.354 e. The molecule has 10 nitrogen and oxygen atoms in total. The number of piperazine rings is 1. The van der Waals surface area contributed by atoms with E-state index in [9.17, 15) is 4.79 Å². The maximum absolute atomic E-state index is 15.4. The lowest BCUT2D eigenvalue weighted by Crippen LogP contribution is -2.43. The topological polar surface area (TPSA) is 106 Å². The van der Waals surface area contributed by atoms with Gasteiger partial charge in [0.1, 0.15) is 11.6 Å². The van der Waals surface area contributed by atoms with Gasteiger partial charge in [0.2, 0.25) is 0 Å². The van der Waals surface area contributed by atoms with Crippen molar-refractivity contribution in [1.82, 2.24) is 34.6 Å². The van der Waals surface area contributed by atoms with Gasteiger partial charge in [-0.3, -0.25) is 14.8 Å². The number of pyridine rings is 1. The molecule has 2 aliphatic rings. The van der Waals surface area contributed by atoms with Crippen LogP contribution in [0.5, 0.6) is 0 Å². The van der Waals surface area contributed by atoms with Crippen LogP contribution in [-0.4, -0.2) is 61.4 Å². The zero-order valence-corrected chi connectivity index (χ0v) is 21.9. The van der Waals surface area contributed by atoms with Gasteiger partial charge in [0.05, 0.1) is 22.9 Å². The maximum atomic E-state index is 15.4. The molecule has 1 atom stereocenters. The molecule has 0 saturated carbocycles. The third kappa shape index (κ3) is 4.45. The van der Waals surface area contributed by atoms with E-state index in [1.165, 1.54) is 22.1 Å². The third-order valence-corrected chi connectivity index (χ3v) is 8.03. The zero-order chi connectivity index (χ0) is 26.3. The fourth-order valence-electron chi connectivity index (χ4n) is 5.40. The van der Waals surface area contributed by atoms with Crippen molar-refractivity contribution in [3.05, 3.63) is 71.8 Å². The molecule has 0 spiro atoms. The molecular weight excluding hydrogens is 517 g/mol. The van der Waals surface area contributed by atoms with E-state index in [2.05, 4.69) is 35.1 Å².